The van der Waals surface area contributed by atoms with Gasteiger partial charge in [-0.15, -0.1) is 6.58 Å². The van der Waals surface area contributed by atoms with Gasteiger partial charge in [0.1, 0.15) is 5.58 Å². The van der Waals surface area contributed by atoms with E-state index in [2.05, 4.69) is 18.0 Å². The Bertz CT molecular complexity index is 490. The highest BCUT2D eigenvalue weighted by Gasteiger charge is 2.03. The largest absolute Gasteiger partial charge is 0.464 e. The summed E-state index contributed by atoms with van der Waals surface area (Å²) in [4.78, 5) is 0. The van der Waals surface area contributed by atoms with Crippen LogP contribution in [0.25, 0.3) is 11.0 Å². The molecule has 0 spiro atoms. The van der Waals surface area contributed by atoms with Crippen LogP contribution in [0.5, 0.6) is 0 Å². The van der Waals surface area contributed by atoms with Gasteiger partial charge in [0.2, 0.25) is 0 Å². The van der Waals surface area contributed by atoms with Crippen LogP contribution in [-0.4, -0.2) is 19.8 Å². The molecule has 2 rings (SSSR count). The first-order valence-electron chi connectivity index (χ1n) is 6.26. The minimum Gasteiger partial charge on any atom is -0.464 e. The molecule has 1 N–H and O–H groups in total. The Morgan fingerprint density at radius 2 is 2.17 bits per heavy atom. The van der Waals surface area contributed by atoms with Gasteiger partial charge in [-0.3, -0.25) is 0 Å². The number of hydrogen-bond donors (Lipinski definition) is 1. The average Bonchev–Trinajstić information content (AvgIpc) is 2.81. The summed E-state index contributed by atoms with van der Waals surface area (Å²) in [6.07, 6.45) is 4.59. The van der Waals surface area contributed by atoms with Gasteiger partial charge in [0.25, 0.3) is 0 Å². The molecule has 0 atom stereocenters. The van der Waals surface area contributed by atoms with Crippen molar-refractivity contribution in [3.63, 3.8) is 0 Å². The lowest BCUT2D eigenvalue weighted by molar-refractivity contribution is 0.140. The first-order valence-corrected chi connectivity index (χ1v) is 6.26. The smallest absolute Gasteiger partial charge is 0.134 e. The number of fused-ring (bicyclic) bond motifs is 1. The molecule has 3 nitrogen and oxygen atoms in total. The molecule has 0 aliphatic carbocycles. The van der Waals surface area contributed by atoms with Gasteiger partial charge >= 0.3 is 0 Å². The Morgan fingerprint density at radius 1 is 1.28 bits per heavy atom. The van der Waals surface area contributed by atoms with E-state index in [9.17, 15) is 0 Å². The van der Waals surface area contributed by atoms with Gasteiger partial charge in [0, 0.05) is 24.0 Å². The third-order valence-electron chi connectivity index (χ3n) is 2.77. The van der Waals surface area contributed by atoms with Crippen molar-refractivity contribution in [3.05, 3.63) is 48.7 Å². The second-order valence-electron chi connectivity index (χ2n) is 4.12. The first-order chi connectivity index (χ1) is 8.92. The third kappa shape index (κ3) is 3.45. The summed E-state index contributed by atoms with van der Waals surface area (Å²) < 4.78 is 10.9. The first kappa shape index (κ1) is 12.9. The summed E-state index contributed by atoms with van der Waals surface area (Å²) in [5.74, 6) is 0. The highest BCUT2D eigenvalue weighted by molar-refractivity contribution is 5.80. The van der Waals surface area contributed by atoms with Gasteiger partial charge in [-0.1, -0.05) is 24.3 Å². The monoisotopic (exact) mass is 245 g/mol. The maximum absolute atomic E-state index is 5.48. The van der Waals surface area contributed by atoms with Crippen molar-refractivity contribution in [1.29, 1.82) is 0 Å². The molecule has 96 valence electrons. The van der Waals surface area contributed by atoms with E-state index >= 15 is 0 Å². The summed E-state index contributed by atoms with van der Waals surface area (Å²) in [7, 11) is 0. The van der Waals surface area contributed by atoms with E-state index in [1.807, 2.05) is 30.5 Å². The van der Waals surface area contributed by atoms with Gasteiger partial charge in [0.05, 0.1) is 19.5 Å². The van der Waals surface area contributed by atoms with Gasteiger partial charge in [-0.05, 0) is 12.5 Å². The van der Waals surface area contributed by atoms with E-state index in [1.54, 1.807) is 0 Å². The summed E-state index contributed by atoms with van der Waals surface area (Å²) in [6.45, 7) is 6.78. The quantitative estimate of drug-likeness (QED) is 0.573. The summed E-state index contributed by atoms with van der Waals surface area (Å²) in [6, 6.07) is 8.07. The predicted molar refractivity (Wildman–Crippen MR) is 73.6 cm³/mol. The maximum atomic E-state index is 5.48. The van der Waals surface area contributed by atoms with E-state index in [0.29, 0.717) is 0 Å². The van der Waals surface area contributed by atoms with Gasteiger partial charge < -0.3 is 14.5 Å². The predicted octanol–water partition coefficient (Wildman–Crippen LogP) is 3.12. The van der Waals surface area contributed by atoms with Crippen molar-refractivity contribution in [3.8, 4) is 0 Å². The molecule has 0 aliphatic heterocycles. The second kappa shape index (κ2) is 6.99. The lowest BCUT2D eigenvalue weighted by Gasteiger charge is -2.04. The summed E-state index contributed by atoms with van der Waals surface area (Å²) in [5, 5.41) is 4.52. The number of rotatable bonds is 8. The molecule has 3 heteroatoms. The number of ether oxygens (including phenoxy) is 1. The molecule has 0 saturated heterocycles. The minimum absolute atomic E-state index is 0.726. The Kier molecular flexibility index (Phi) is 5.00. The number of para-hydroxylation sites is 1. The van der Waals surface area contributed by atoms with Gasteiger partial charge in [-0.2, -0.15) is 0 Å². The minimum atomic E-state index is 0.726. The van der Waals surface area contributed by atoms with Crippen molar-refractivity contribution < 1.29 is 9.15 Å². The highest BCUT2D eigenvalue weighted by Crippen LogP contribution is 2.20. The standard InChI is InChI=1S/C15H19NO2/c1-2-3-9-17-10-8-16-11-13-12-18-15-7-5-4-6-14(13)15/h2,4-7,12,16H,1,3,8-11H2. The number of nitrogens with one attached hydrogen (secondary N) is 1. The van der Waals surface area contributed by atoms with Crippen molar-refractivity contribution in [2.75, 3.05) is 19.8 Å². The lowest BCUT2D eigenvalue weighted by atomic mass is 10.2. The molecule has 0 unspecified atom stereocenters. The zero-order valence-corrected chi connectivity index (χ0v) is 10.5. The van der Waals surface area contributed by atoms with Crippen LogP contribution < -0.4 is 5.32 Å². The Labute approximate surface area is 107 Å². The summed E-state index contributed by atoms with van der Waals surface area (Å²) >= 11 is 0. The van der Waals surface area contributed by atoms with Crippen molar-refractivity contribution in [1.82, 2.24) is 5.32 Å². The van der Waals surface area contributed by atoms with Crippen LogP contribution >= 0.6 is 0 Å². The van der Waals surface area contributed by atoms with Crippen LogP contribution in [0.2, 0.25) is 0 Å². The molecule has 0 radical (unpaired) electrons. The molecule has 2 aromatic rings. The molecule has 0 bridgehead atoms. The molecular weight excluding hydrogens is 226 g/mol. The summed E-state index contributed by atoms with van der Waals surface area (Å²) in [5.41, 5.74) is 2.13. The van der Waals surface area contributed by atoms with Crippen LogP contribution in [0.1, 0.15) is 12.0 Å². The van der Waals surface area contributed by atoms with E-state index in [1.165, 1.54) is 10.9 Å². The van der Waals surface area contributed by atoms with Gasteiger partial charge in [0.15, 0.2) is 0 Å². The molecule has 1 aromatic heterocycles. The fraction of sp³-hybridized carbons (Fsp3) is 0.333. The molecule has 0 saturated carbocycles. The fourth-order valence-corrected chi connectivity index (χ4v) is 1.81. The van der Waals surface area contributed by atoms with E-state index in [4.69, 9.17) is 9.15 Å². The van der Waals surface area contributed by atoms with Crippen LogP contribution in [0, 0.1) is 0 Å². The molecule has 0 aliphatic rings. The van der Waals surface area contributed by atoms with Crippen LogP contribution in [0.3, 0.4) is 0 Å². The zero-order valence-electron chi connectivity index (χ0n) is 10.5. The lowest BCUT2D eigenvalue weighted by Crippen LogP contribution is -2.19. The third-order valence-corrected chi connectivity index (χ3v) is 2.77. The number of benzene rings is 1. The van der Waals surface area contributed by atoms with Crippen molar-refractivity contribution in [2.24, 2.45) is 0 Å². The van der Waals surface area contributed by atoms with Crippen LogP contribution in [-0.2, 0) is 11.3 Å². The normalized spacial score (nSPS) is 10.9. The molecule has 1 heterocycles. The zero-order chi connectivity index (χ0) is 12.6. The Balaban J connectivity index is 1.72. The average molecular weight is 245 g/mol. The van der Waals surface area contributed by atoms with Crippen LogP contribution in [0.4, 0.5) is 0 Å². The Morgan fingerprint density at radius 3 is 3.06 bits per heavy atom. The van der Waals surface area contributed by atoms with E-state index < -0.39 is 0 Å². The molecular formula is C15H19NO2. The molecule has 1 aromatic carbocycles. The molecule has 0 amide bonds. The number of furan rings is 1. The fourth-order valence-electron chi connectivity index (χ4n) is 1.81. The van der Waals surface area contributed by atoms with Crippen LogP contribution in [0.15, 0.2) is 47.6 Å². The Hall–Kier alpha value is -1.58. The molecule has 0 fully saturated rings. The maximum Gasteiger partial charge on any atom is 0.134 e. The SMILES string of the molecule is C=CCCOCCNCc1coc2ccccc12. The highest BCUT2D eigenvalue weighted by atomic mass is 16.5. The second-order valence-corrected chi connectivity index (χ2v) is 4.12. The van der Waals surface area contributed by atoms with Crippen molar-refractivity contribution >= 4 is 11.0 Å². The van der Waals surface area contributed by atoms with Crippen molar-refractivity contribution in [2.45, 2.75) is 13.0 Å². The van der Waals surface area contributed by atoms with Gasteiger partial charge in [-0.25, -0.2) is 0 Å². The molecule has 18 heavy (non-hydrogen) atoms. The topological polar surface area (TPSA) is 34.4 Å². The van der Waals surface area contributed by atoms with E-state index in [0.717, 1.165) is 38.3 Å². The van der Waals surface area contributed by atoms with E-state index in [-0.39, 0.29) is 0 Å². The number of hydrogen-bond acceptors (Lipinski definition) is 3.